The molecule has 7 heteroatoms. The first kappa shape index (κ1) is 19.0. The summed E-state index contributed by atoms with van der Waals surface area (Å²) in [5, 5.41) is 18.0. The summed E-state index contributed by atoms with van der Waals surface area (Å²) >= 11 is 11.3. The highest BCUT2D eigenvalue weighted by Crippen LogP contribution is 2.23. The first-order valence-corrected chi connectivity index (χ1v) is 8.61. The van der Waals surface area contributed by atoms with Crippen molar-refractivity contribution >= 4 is 40.8 Å². The lowest BCUT2D eigenvalue weighted by molar-refractivity contribution is 0.315. The van der Waals surface area contributed by atoms with Crippen LogP contribution in [-0.2, 0) is 0 Å². The summed E-state index contributed by atoms with van der Waals surface area (Å²) in [7, 11) is 0. The number of halogens is 1. The highest BCUT2D eigenvalue weighted by Gasteiger charge is 2.04. The molecule has 0 saturated heterocycles. The summed E-state index contributed by atoms with van der Waals surface area (Å²) in [6, 6.07) is 10.6. The van der Waals surface area contributed by atoms with Crippen molar-refractivity contribution in [3.8, 4) is 11.5 Å². The largest absolute Gasteiger partial charge is 0.507 e. The monoisotopic (exact) mass is 377 g/mol. The van der Waals surface area contributed by atoms with E-state index in [0.29, 0.717) is 28.1 Å². The van der Waals surface area contributed by atoms with E-state index >= 15 is 0 Å². The van der Waals surface area contributed by atoms with Gasteiger partial charge in [-0.1, -0.05) is 24.6 Å². The number of phenols is 1. The second kappa shape index (κ2) is 9.25. The van der Waals surface area contributed by atoms with Gasteiger partial charge >= 0.3 is 0 Å². The lowest BCUT2D eigenvalue weighted by atomic mass is 10.2. The van der Waals surface area contributed by atoms with Crippen molar-refractivity contribution in [2.24, 2.45) is 5.10 Å². The molecule has 0 spiro atoms. The van der Waals surface area contributed by atoms with Crippen LogP contribution in [0.5, 0.6) is 11.5 Å². The number of aromatic hydroxyl groups is 1. The molecule has 5 nitrogen and oxygen atoms in total. The van der Waals surface area contributed by atoms with Gasteiger partial charge in [0.1, 0.15) is 11.5 Å². The van der Waals surface area contributed by atoms with Gasteiger partial charge in [-0.15, -0.1) is 0 Å². The summed E-state index contributed by atoms with van der Waals surface area (Å²) in [5.74, 6) is 0.710. The van der Waals surface area contributed by atoms with Crippen LogP contribution in [0.1, 0.15) is 24.5 Å². The highest BCUT2D eigenvalue weighted by atomic mass is 35.5. The second-order valence-electron chi connectivity index (χ2n) is 5.31. The minimum absolute atomic E-state index is 0.0868. The molecule has 2 rings (SSSR count). The van der Waals surface area contributed by atoms with E-state index in [2.05, 4.69) is 15.8 Å². The third-order valence-corrected chi connectivity index (χ3v) is 3.96. The van der Waals surface area contributed by atoms with Crippen molar-refractivity contribution in [1.82, 2.24) is 5.43 Å². The van der Waals surface area contributed by atoms with Gasteiger partial charge in [0.2, 0.25) is 0 Å². The van der Waals surface area contributed by atoms with E-state index in [0.717, 1.165) is 17.7 Å². The van der Waals surface area contributed by atoms with Gasteiger partial charge in [0, 0.05) is 22.3 Å². The average Bonchev–Trinajstić information content (AvgIpc) is 2.59. The summed E-state index contributed by atoms with van der Waals surface area (Å²) in [5.41, 5.74) is 4.97. The maximum absolute atomic E-state index is 10.00. The summed E-state index contributed by atoms with van der Waals surface area (Å²) in [6.45, 7) is 4.53. The van der Waals surface area contributed by atoms with Gasteiger partial charge in [0.25, 0.3) is 0 Å². The number of hydrogen-bond donors (Lipinski definition) is 3. The molecule has 2 aromatic rings. The summed E-state index contributed by atoms with van der Waals surface area (Å²) < 4.78 is 5.46. The van der Waals surface area contributed by atoms with E-state index < -0.39 is 0 Å². The maximum atomic E-state index is 10.00. The molecule has 0 radical (unpaired) electrons. The Balaban J connectivity index is 1.94. The van der Waals surface area contributed by atoms with Gasteiger partial charge in [-0.2, -0.15) is 5.10 Å². The molecule has 0 amide bonds. The highest BCUT2D eigenvalue weighted by molar-refractivity contribution is 7.80. The van der Waals surface area contributed by atoms with Crippen molar-refractivity contribution in [3.63, 3.8) is 0 Å². The number of rotatable bonds is 6. The molecule has 0 aromatic heterocycles. The molecular formula is C18H20ClN3O2S. The van der Waals surface area contributed by atoms with E-state index in [1.807, 2.05) is 32.0 Å². The first-order chi connectivity index (χ1) is 12.0. The van der Waals surface area contributed by atoms with Crippen molar-refractivity contribution in [2.75, 3.05) is 11.9 Å². The van der Waals surface area contributed by atoms with Crippen molar-refractivity contribution in [1.29, 1.82) is 0 Å². The van der Waals surface area contributed by atoms with Crippen LogP contribution in [0.25, 0.3) is 0 Å². The number of anilines is 1. The topological polar surface area (TPSA) is 65.9 Å². The Morgan fingerprint density at radius 1 is 1.36 bits per heavy atom. The summed E-state index contributed by atoms with van der Waals surface area (Å²) in [4.78, 5) is 0. The molecule has 25 heavy (non-hydrogen) atoms. The van der Waals surface area contributed by atoms with Crippen LogP contribution >= 0.6 is 23.8 Å². The molecule has 132 valence electrons. The zero-order chi connectivity index (χ0) is 18.2. The van der Waals surface area contributed by atoms with E-state index in [9.17, 15) is 5.11 Å². The number of ether oxygens (including phenoxy) is 1. The van der Waals surface area contributed by atoms with Crippen molar-refractivity contribution in [3.05, 3.63) is 52.5 Å². The standard InChI is InChI=1S/C18H20ClN3O2S/c1-3-9-24-14-8-7-13(17(23)10-14)11-20-22-18(25)21-16-6-4-5-15(19)12(16)2/h4-8,10-11,23H,3,9H2,1-2H3,(H2,21,22,25)/b20-11+. The third kappa shape index (κ3) is 5.62. The second-order valence-corrected chi connectivity index (χ2v) is 6.12. The lowest BCUT2D eigenvalue weighted by Crippen LogP contribution is -2.24. The Kier molecular flexibility index (Phi) is 7.03. The van der Waals surface area contributed by atoms with Gasteiger partial charge in [-0.3, -0.25) is 5.43 Å². The number of nitrogens with one attached hydrogen (secondary N) is 2. The van der Waals surface area contributed by atoms with Crippen molar-refractivity contribution < 1.29 is 9.84 Å². The number of benzene rings is 2. The van der Waals surface area contributed by atoms with E-state index in [-0.39, 0.29) is 5.75 Å². The van der Waals surface area contributed by atoms with E-state index in [1.165, 1.54) is 6.21 Å². The summed E-state index contributed by atoms with van der Waals surface area (Å²) in [6.07, 6.45) is 2.39. The van der Waals surface area contributed by atoms with Gasteiger partial charge in [-0.25, -0.2) is 0 Å². The van der Waals surface area contributed by atoms with Crippen LogP contribution in [0.2, 0.25) is 5.02 Å². The molecule has 3 N–H and O–H groups in total. The fourth-order valence-corrected chi connectivity index (χ4v) is 2.33. The van der Waals surface area contributed by atoms with Gasteiger partial charge in [0.15, 0.2) is 5.11 Å². The molecule has 0 aliphatic heterocycles. The average molecular weight is 378 g/mol. The van der Waals surface area contributed by atoms with Crippen molar-refractivity contribution in [2.45, 2.75) is 20.3 Å². The number of thiocarbonyl (C=S) groups is 1. The zero-order valence-electron chi connectivity index (χ0n) is 14.0. The minimum atomic E-state index is 0.0868. The molecular weight excluding hydrogens is 358 g/mol. The maximum Gasteiger partial charge on any atom is 0.191 e. The molecule has 0 aliphatic carbocycles. The Labute approximate surface area is 157 Å². The van der Waals surface area contributed by atoms with E-state index in [1.54, 1.807) is 18.2 Å². The normalized spacial score (nSPS) is 10.7. The van der Waals surface area contributed by atoms with Gasteiger partial charge < -0.3 is 15.2 Å². The molecule has 0 bridgehead atoms. The molecule has 0 heterocycles. The van der Waals surface area contributed by atoms with Crippen LogP contribution < -0.4 is 15.5 Å². The number of nitrogens with zero attached hydrogens (tertiary/aromatic N) is 1. The van der Waals surface area contributed by atoms with Gasteiger partial charge in [0.05, 0.1) is 12.8 Å². The van der Waals surface area contributed by atoms with Crippen LogP contribution in [-0.4, -0.2) is 23.0 Å². The van der Waals surface area contributed by atoms with Crippen LogP contribution in [0, 0.1) is 6.92 Å². The number of hydrazone groups is 1. The number of hydrogen-bond acceptors (Lipinski definition) is 4. The Bertz CT molecular complexity index is 781. The predicted octanol–water partition coefficient (Wildman–Crippen LogP) is 4.46. The lowest BCUT2D eigenvalue weighted by Gasteiger charge is -2.10. The van der Waals surface area contributed by atoms with Crippen LogP contribution in [0.3, 0.4) is 0 Å². The Morgan fingerprint density at radius 2 is 2.16 bits per heavy atom. The molecule has 0 atom stereocenters. The van der Waals surface area contributed by atoms with E-state index in [4.69, 9.17) is 28.6 Å². The quantitative estimate of drug-likeness (QED) is 0.394. The molecule has 0 unspecified atom stereocenters. The Morgan fingerprint density at radius 3 is 2.88 bits per heavy atom. The first-order valence-electron chi connectivity index (χ1n) is 7.82. The zero-order valence-corrected chi connectivity index (χ0v) is 15.6. The minimum Gasteiger partial charge on any atom is -0.507 e. The van der Waals surface area contributed by atoms with Crippen LogP contribution in [0.15, 0.2) is 41.5 Å². The smallest absolute Gasteiger partial charge is 0.191 e. The van der Waals surface area contributed by atoms with Gasteiger partial charge in [-0.05, 0) is 55.4 Å². The Hall–Kier alpha value is -2.31. The third-order valence-electron chi connectivity index (χ3n) is 3.36. The SMILES string of the molecule is CCCOc1ccc(/C=N/NC(=S)Nc2cccc(Cl)c2C)c(O)c1. The number of phenolic OH excluding ortho intramolecular Hbond substituents is 1. The molecule has 0 aliphatic rings. The van der Waals surface area contributed by atoms with Crippen LogP contribution in [0.4, 0.5) is 5.69 Å². The molecule has 0 fully saturated rings. The fourth-order valence-electron chi connectivity index (χ4n) is 2.00. The fraction of sp³-hybridized carbons (Fsp3) is 0.222. The predicted molar refractivity (Wildman–Crippen MR) is 107 cm³/mol. The molecule has 0 saturated carbocycles. The molecule has 2 aromatic carbocycles.